The molecule has 2 unspecified atom stereocenters. The van der Waals surface area contributed by atoms with E-state index >= 15 is 0 Å². The van der Waals surface area contributed by atoms with E-state index < -0.39 is 0 Å². The van der Waals surface area contributed by atoms with Crippen molar-refractivity contribution in [2.45, 2.75) is 39.2 Å². The van der Waals surface area contributed by atoms with Crippen LogP contribution in [0.3, 0.4) is 0 Å². The van der Waals surface area contributed by atoms with Crippen LogP contribution in [-0.4, -0.2) is 18.1 Å². The highest BCUT2D eigenvalue weighted by atomic mass is 14.8. The summed E-state index contributed by atoms with van der Waals surface area (Å²) >= 11 is 0. The number of pyridine rings is 1. The molecule has 0 aliphatic heterocycles. The largest absolute Gasteiger partial charge is 0.317 e. The molecule has 0 aromatic carbocycles. The van der Waals surface area contributed by atoms with Crippen LogP contribution in [0, 0.1) is 6.92 Å². The number of aryl methyl sites for hydroxylation is 1. The Kier molecular flexibility index (Phi) is 4.08. The lowest BCUT2D eigenvalue weighted by Gasteiger charge is -2.16. The van der Waals surface area contributed by atoms with Crippen LogP contribution in [0.2, 0.25) is 0 Å². The standard InChI is InChI=1S/C12H20N2/c1-9(7-11(3)13-4)12-6-5-10(2)14-8-12/h5-6,8-9,11,13H,7H2,1-4H3. The van der Waals surface area contributed by atoms with E-state index in [1.165, 1.54) is 5.56 Å². The Balaban J connectivity index is 2.60. The average molecular weight is 192 g/mol. The predicted molar refractivity (Wildman–Crippen MR) is 60.5 cm³/mol. The lowest BCUT2D eigenvalue weighted by molar-refractivity contribution is 0.515. The second kappa shape index (κ2) is 5.11. The molecule has 0 saturated heterocycles. The molecule has 78 valence electrons. The summed E-state index contributed by atoms with van der Waals surface area (Å²) in [6, 6.07) is 4.82. The number of aromatic nitrogens is 1. The molecule has 2 nitrogen and oxygen atoms in total. The molecular weight excluding hydrogens is 172 g/mol. The molecule has 1 aromatic heterocycles. The summed E-state index contributed by atoms with van der Waals surface area (Å²) < 4.78 is 0. The first-order valence-corrected chi connectivity index (χ1v) is 5.23. The van der Waals surface area contributed by atoms with E-state index in [4.69, 9.17) is 0 Å². The Morgan fingerprint density at radius 1 is 1.36 bits per heavy atom. The molecule has 0 aliphatic rings. The number of nitrogens with one attached hydrogen (secondary N) is 1. The minimum atomic E-state index is 0.561. The van der Waals surface area contributed by atoms with Crippen molar-refractivity contribution in [3.05, 3.63) is 29.6 Å². The number of rotatable bonds is 4. The van der Waals surface area contributed by atoms with Gasteiger partial charge in [-0.2, -0.15) is 0 Å². The monoisotopic (exact) mass is 192 g/mol. The van der Waals surface area contributed by atoms with Gasteiger partial charge < -0.3 is 5.32 Å². The van der Waals surface area contributed by atoms with Gasteiger partial charge >= 0.3 is 0 Å². The molecule has 0 saturated carbocycles. The maximum atomic E-state index is 4.31. The van der Waals surface area contributed by atoms with Gasteiger partial charge in [-0.15, -0.1) is 0 Å². The number of hydrogen-bond acceptors (Lipinski definition) is 2. The zero-order valence-corrected chi connectivity index (χ0v) is 9.54. The SMILES string of the molecule is CNC(C)CC(C)c1ccc(C)nc1. The number of hydrogen-bond donors (Lipinski definition) is 1. The van der Waals surface area contributed by atoms with Crippen molar-refractivity contribution < 1.29 is 0 Å². The van der Waals surface area contributed by atoms with Crippen LogP contribution in [0.25, 0.3) is 0 Å². The summed E-state index contributed by atoms with van der Waals surface area (Å²) in [4.78, 5) is 4.31. The Morgan fingerprint density at radius 2 is 2.07 bits per heavy atom. The fourth-order valence-corrected chi connectivity index (χ4v) is 1.56. The van der Waals surface area contributed by atoms with Crippen molar-refractivity contribution in [3.8, 4) is 0 Å². The molecular formula is C12H20N2. The molecule has 1 heterocycles. The zero-order valence-electron chi connectivity index (χ0n) is 9.54. The summed E-state index contributed by atoms with van der Waals surface area (Å²) in [5, 5.41) is 3.26. The maximum absolute atomic E-state index is 4.31. The highest BCUT2D eigenvalue weighted by Crippen LogP contribution is 2.19. The molecule has 0 aliphatic carbocycles. The molecule has 0 radical (unpaired) electrons. The molecule has 0 fully saturated rings. The van der Waals surface area contributed by atoms with Crippen molar-refractivity contribution in [1.29, 1.82) is 0 Å². The minimum absolute atomic E-state index is 0.561. The van der Waals surface area contributed by atoms with E-state index in [2.05, 4.69) is 36.3 Å². The molecule has 0 spiro atoms. The van der Waals surface area contributed by atoms with Crippen LogP contribution in [0.1, 0.15) is 37.4 Å². The molecule has 2 atom stereocenters. The van der Waals surface area contributed by atoms with Crippen LogP contribution in [0.15, 0.2) is 18.3 Å². The van der Waals surface area contributed by atoms with Crippen LogP contribution >= 0.6 is 0 Å². The Morgan fingerprint density at radius 3 is 2.57 bits per heavy atom. The van der Waals surface area contributed by atoms with Gasteiger partial charge in [-0.3, -0.25) is 4.98 Å². The van der Waals surface area contributed by atoms with Crippen molar-refractivity contribution in [1.82, 2.24) is 10.3 Å². The Labute approximate surface area is 86.8 Å². The second-order valence-corrected chi connectivity index (χ2v) is 4.06. The summed E-state index contributed by atoms with van der Waals surface area (Å²) in [6.45, 7) is 6.48. The quantitative estimate of drug-likeness (QED) is 0.792. The normalized spacial score (nSPS) is 15.1. The summed E-state index contributed by atoms with van der Waals surface area (Å²) in [6.07, 6.45) is 3.14. The highest BCUT2D eigenvalue weighted by Gasteiger charge is 2.09. The third-order valence-corrected chi connectivity index (χ3v) is 2.70. The Bertz CT molecular complexity index is 266. The van der Waals surface area contributed by atoms with Crippen LogP contribution in [0.5, 0.6) is 0 Å². The zero-order chi connectivity index (χ0) is 10.6. The highest BCUT2D eigenvalue weighted by molar-refractivity contribution is 5.17. The molecule has 2 heteroatoms. The smallest absolute Gasteiger partial charge is 0.0372 e. The predicted octanol–water partition coefficient (Wildman–Crippen LogP) is 2.49. The van der Waals surface area contributed by atoms with Crippen LogP contribution < -0.4 is 5.32 Å². The summed E-state index contributed by atoms with van der Waals surface area (Å²) in [5.74, 6) is 0.575. The molecule has 1 aromatic rings. The van der Waals surface area contributed by atoms with Gasteiger partial charge in [0, 0.05) is 17.9 Å². The van der Waals surface area contributed by atoms with Crippen LogP contribution in [0.4, 0.5) is 0 Å². The van der Waals surface area contributed by atoms with Crippen LogP contribution in [-0.2, 0) is 0 Å². The molecule has 1 N–H and O–H groups in total. The summed E-state index contributed by atoms with van der Waals surface area (Å²) in [5.41, 5.74) is 2.42. The van der Waals surface area contributed by atoms with Crippen molar-refractivity contribution in [2.75, 3.05) is 7.05 Å². The fourth-order valence-electron chi connectivity index (χ4n) is 1.56. The second-order valence-electron chi connectivity index (χ2n) is 4.06. The topological polar surface area (TPSA) is 24.9 Å². The molecule has 0 amide bonds. The lowest BCUT2D eigenvalue weighted by Crippen LogP contribution is -2.22. The van der Waals surface area contributed by atoms with Gasteiger partial charge in [0.2, 0.25) is 0 Å². The van der Waals surface area contributed by atoms with Gasteiger partial charge in [0.15, 0.2) is 0 Å². The van der Waals surface area contributed by atoms with E-state index in [0.29, 0.717) is 12.0 Å². The van der Waals surface area contributed by atoms with E-state index in [1.54, 1.807) is 0 Å². The van der Waals surface area contributed by atoms with E-state index in [9.17, 15) is 0 Å². The van der Waals surface area contributed by atoms with Crippen molar-refractivity contribution in [2.24, 2.45) is 0 Å². The van der Waals surface area contributed by atoms with Gasteiger partial charge in [-0.05, 0) is 44.9 Å². The van der Waals surface area contributed by atoms with Crippen molar-refractivity contribution in [3.63, 3.8) is 0 Å². The Hall–Kier alpha value is -0.890. The van der Waals surface area contributed by atoms with Gasteiger partial charge in [-0.1, -0.05) is 13.0 Å². The van der Waals surface area contributed by atoms with Gasteiger partial charge in [0.1, 0.15) is 0 Å². The average Bonchev–Trinajstić information content (AvgIpc) is 2.18. The first-order valence-electron chi connectivity index (χ1n) is 5.23. The minimum Gasteiger partial charge on any atom is -0.317 e. The van der Waals surface area contributed by atoms with E-state index in [0.717, 1.165) is 12.1 Å². The first kappa shape index (κ1) is 11.2. The fraction of sp³-hybridized carbons (Fsp3) is 0.583. The lowest BCUT2D eigenvalue weighted by atomic mass is 9.96. The third-order valence-electron chi connectivity index (χ3n) is 2.70. The number of nitrogens with zero attached hydrogens (tertiary/aromatic N) is 1. The van der Waals surface area contributed by atoms with Gasteiger partial charge in [0.25, 0.3) is 0 Å². The van der Waals surface area contributed by atoms with Gasteiger partial charge in [-0.25, -0.2) is 0 Å². The van der Waals surface area contributed by atoms with E-state index in [-0.39, 0.29) is 0 Å². The maximum Gasteiger partial charge on any atom is 0.0372 e. The van der Waals surface area contributed by atoms with E-state index in [1.807, 2.05) is 20.2 Å². The third kappa shape index (κ3) is 3.11. The molecule has 0 bridgehead atoms. The van der Waals surface area contributed by atoms with Gasteiger partial charge in [0.05, 0.1) is 0 Å². The first-order chi connectivity index (χ1) is 6.63. The molecule has 14 heavy (non-hydrogen) atoms. The van der Waals surface area contributed by atoms with Crippen molar-refractivity contribution >= 4 is 0 Å². The molecule has 1 rings (SSSR count). The summed E-state index contributed by atoms with van der Waals surface area (Å²) in [7, 11) is 2.00.